The summed E-state index contributed by atoms with van der Waals surface area (Å²) in [5, 5.41) is 5.98. The lowest BCUT2D eigenvalue weighted by atomic mass is 10.1. The number of para-hydroxylation sites is 1. The van der Waals surface area contributed by atoms with Crippen LogP contribution >= 0.6 is 12.4 Å². The largest absolute Gasteiger partial charge is 0.457 e. The molecule has 25 heavy (non-hydrogen) atoms. The summed E-state index contributed by atoms with van der Waals surface area (Å²) < 4.78 is 10.7. The highest BCUT2D eigenvalue weighted by molar-refractivity contribution is 5.85. The molecule has 136 valence electrons. The fraction of sp³-hybridized carbons (Fsp3) is 0.316. The highest BCUT2D eigenvalue weighted by atomic mass is 35.5. The monoisotopic (exact) mass is 364 g/mol. The molecule has 1 unspecified atom stereocenters. The molecule has 1 amide bonds. The van der Waals surface area contributed by atoms with E-state index in [1.54, 1.807) is 7.11 Å². The number of carbonyl (C=O) groups is 1. The van der Waals surface area contributed by atoms with Crippen molar-refractivity contribution in [1.29, 1.82) is 0 Å². The number of halogens is 1. The summed E-state index contributed by atoms with van der Waals surface area (Å²) in [5.74, 6) is 1.53. The van der Waals surface area contributed by atoms with E-state index < -0.39 is 0 Å². The third kappa shape index (κ3) is 7.56. The lowest BCUT2D eigenvalue weighted by Crippen LogP contribution is -2.36. The van der Waals surface area contributed by atoms with Crippen molar-refractivity contribution in [3.8, 4) is 11.5 Å². The van der Waals surface area contributed by atoms with Crippen LogP contribution in [0.2, 0.25) is 0 Å². The Bertz CT molecular complexity index is 620. The van der Waals surface area contributed by atoms with Crippen LogP contribution in [0.1, 0.15) is 18.5 Å². The van der Waals surface area contributed by atoms with E-state index in [-0.39, 0.29) is 30.9 Å². The van der Waals surface area contributed by atoms with E-state index in [4.69, 9.17) is 9.47 Å². The molecule has 2 rings (SSSR count). The minimum atomic E-state index is -0.0625. The average Bonchev–Trinajstić information content (AvgIpc) is 2.60. The Hall–Kier alpha value is -2.08. The molecule has 0 saturated heterocycles. The molecular formula is C19H25ClN2O3. The fourth-order valence-electron chi connectivity index (χ4n) is 2.20. The predicted molar refractivity (Wildman–Crippen MR) is 102 cm³/mol. The molecular weight excluding hydrogens is 340 g/mol. The van der Waals surface area contributed by atoms with Crippen LogP contribution in [-0.2, 0) is 9.53 Å². The van der Waals surface area contributed by atoms with Gasteiger partial charge in [0.15, 0.2) is 0 Å². The molecule has 1 atom stereocenters. The van der Waals surface area contributed by atoms with Crippen molar-refractivity contribution < 1.29 is 14.3 Å². The molecule has 0 saturated carbocycles. The molecule has 2 aromatic carbocycles. The third-order valence-corrected chi connectivity index (χ3v) is 3.51. The smallest absolute Gasteiger partial charge is 0.234 e. The predicted octanol–water partition coefficient (Wildman–Crippen LogP) is 3.31. The second-order valence-corrected chi connectivity index (χ2v) is 5.44. The van der Waals surface area contributed by atoms with Gasteiger partial charge < -0.3 is 20.1 Å². The van der Waals surface area contributed by atoms with Crippen molar-refractivity contribution in [2.24, 2.45) is 0 Å². The van der Waals surface area contributed by atoms with Crippen molar-refractivity contribution in [2.45, 2.75) is 13.0 Å². The molecule has 2 N–H and O–H groups in total. The lowest BCUT2D eigenvalue weighted by Gasteiger charge is -2.15. The van der Waals surface area contributed by atoms with Gasteiger partial charge in [0.2, 0.25) is 5.91 Å². The minimum absolute atomic E-state index is 0. The second kappa shape index (κ2) is 11.5. The average molecular weight is 365 g/mol. The lowest BCUT2D eigenvalue weighted by molar-refractivity contribution is -0.120. The zero-order valence-corrected chi connectivity index (χ0v) is 15.3. The Morgan fingerprint density at radius 1 is 1.04 bits per heavy atom. The first-order chi connectivity index (χ1) is 11.7. The van der Waals surface area contributed by atoms with Crippen molar-refractivity contribution in [2.75, 3.05) is 26.8 Å². The van der Waals surface area contributed by atoms with Gasteiger partial charge in [-0.2, -0.15) is 0 Å². The van der Waals surface area contributed by atoms with Crippen molar-refractivity contribution in [3.63, 3.8) is 0 Å². The molecule has 0 spiro atoms. The van der Waals surface area contributed by atoms with Crippen LogP contribution in [0.3, 0.4) is 0 Å². The van der Waals surface area contributed by atoms with E-state index in [9.17, 15) is 4.79 Å². The summed E-state index contributed by atoms with van der Waals surface area (Å²) in [4.78, 5) is 11.9. The van der Waals surface area contributed by atoms with Gasteiger partial charge in [-0.25, -0.2) is 0 Å². The number of ether oxygens (including phenoxy) is 2. The highest BCUT2D eigenvalue weighted by Gasteiger charge is 2.09. The van der Waals surface area contributed by atoms with Crippen LogP contribution < -0.4 is 15.4 Å². The van der Waals surface area contributed by atoms with Crippen LogP contribution in [0.5, 0.6) is 11.5 Å². The van der Waals surface area contributed by atoms with E-state index in [1.807, 2.05) is 61.5 Å². The molecule has 0 aliphatic rings. The Balaban J connectivity index is 0.00000312. The zero-order chi connectivity index (χ0) is 17.2. The maximum Gasteiger partial charge on any atom is 0.234 e. The van der Waals surface area contributed by atoms with Gasteiger partial charge in [0, 0.05) is 13.7 Å². The quantitative estimate of drug-likeness (QED) is 0.670. The van der Waals surface area contributed by atoms with E-state index in [0.717, 1.165) is 17.1 Å². The summed E-state index contributed by atoms with van der Waals surface area (Å²) in [7, 11) is 1.63. The molecule has 2 aromatic rings. The molecule has 6 heteroatoms. The summed E-state index contributed by atoms with van der Waals surface area (Å²) in [5.41, 5.74) is 1.03. The van der Waals surface area contributed by atoms with E-state index in [0.29, 0.717) is 13.2 Å². The number of benzene rings is 2. The van der Waals surface area contributed by atoms with Crippen molar-refractivity contribution in [3.05, 3.63) is 60.2 Å². The second-order valence-electron chi connectivity index (χ2n) is 5.44. The molecule has 0 radical (unpaired) electrons. The van der Waals surface area contributed by atoms with E-state index in [1.165, 1.54) is 0 Å². The number of carbonyl (C=O) groups excluding carboxylic acids is 1. The number of nitrogens with one attached hydrogen (secondary N) is 2. The van der Waals surface area contributed by atoms with Crippen LogP contribution in [0.25, 0.3) is 0 Å². The van der Waals surface area contributed by atoms with Gasteiger partial charge in [-0.3, -0.25) is 4.79 Å². The first kappa shape index (κ1) is 21.0. The van der Waals surface area contributed by atoms with Gasteiger partial charge in [-0.15, -0.1) is 12.4 Å². The third-order valence-electron chi connectivity index (χ3n) is 3.51. The highest BCUT2D eigenvalue weighted by Crippen LogP contribution is 2.23. The summed E-state index contributed by atoms with van der Waals surface area (Å²) >= 11 is 0. The molecule has 0 heterocycles. The zero-order valence-electron chi connectivity index (χ0n) is 14.5. The van der Waals surface area contributed by atoms with E-state index >= 15 is 0 Å². The van der Waals surface area contributed by atoms with Gasteiger partial charge in [0.25, 0.3) is 0 Å². The Labute approximate surface area is 155 Å². The fourth-order valence-corrected chi connectivity index (χ4v) is 2.20. The number of hydrogen-bond acceptors (Lipinski definition) is 4. The Kier molecular flexibility index (Phi) is 9.62. The van der Waals surface area contributed by atoms with Gasteiger partial charge in [-0.05, 0) is 36.8 Å². The van der Waals surface area contributed by atoms with Gasteiger partial charge in [-0.1, -0.05) is 30.3 Å². The molecule has 0 bridgehead atoms. The van der Waals surface area contributed by atoms with Crippen LogP contribution in [-0.4, -0.2) is 32.7 Å². The summed E-state index contributed by atoms with van der Waals surface area (Å²) in [6.07, 6.45) is 0. The molecule has 0 aromatic heterocycles. The molecule has 0 fully saturated rings. The number of amides is 1. The van der Waals surface area contributed by atoms with Gasteiger partial charge in [0.1, 0.15) is 11.5 Å². The van der Waals surface area contributed by atoms with E-state index in [2.05, 4.69) is 10.6 Å². The maximum absolute atomic E-state index is 11.9. The normalized spacial score (nSPS) is 11.3. The number of rotatable bonds is 9. The molecule has 0 aliphatic heterocycles. The molecule has 5 nitrogen and oxygen atoms in total. The number of hydrogen-bond donors (Lipinski definition) is 2. The maximum atomic E-state index is 11.9. The first-order valence-corrected chi connectivity index (χ1v) is 8.01. The van der Waals surface area contributed by atoms with Crippen LogP contribution in [0, 0.1) is 0 Å². The van der Waals surface area contributed by atoms with Gasteiger partial charge >= 0.3 is 0 Å². The summed E-state index contributed by atoms with van der Waals surface area (Å²) in [6.45, 7) is 3.48. The van der Waals surface area contributed by atoms with Gasteiger partial charge in [0.05, 0.1) is 19.2 Å². The van der Waals surface area contributed by atoms with Crippen LogP contribution in [0.4, 0.5) is 0 Å². The first-order valence-electron chi connectivity index (χ1n) is 8.01. The Morgan fingerprint density at radius 3 is 2.32 bits per heavy atom. The van der Waals surface area contributed by atoms with Crippen molar-refractivity contribution >= 4 is 18.3 Å². The Morgan fingerprint density at radius 2 is 1.68 bits per heavy atom. The standard InChI is InChI=1S/C19H24N2O3.ClH/c1-15(21-19(22)14-20-12-13-23-2)16-8-10-18(11-9-16)24-17-6-4-3-5-7-17;/h3-11,15,20H,12-14H2,1-2H3,(H,21,22);1H. The topological polar surface area (TPSA) is 59.6 Å². The summed E-state index contributed by atoms with van der Waals surface area (Å²) in [6, 6.07) is 17.3. The minimum Gasteiger partial charge on any atom is -0.457 e. The number of methoxy groups -OCH3 is 1. The van der Waals surface area contributed by atoms with Crippen molar-refractivity contribution in [1.82, 2.24) is 10.6 Å². The SMILES string of the molecule is COCCNCC(=O)NC(C)c1ccc(Oc2ccccc2)cc1.Cl. The van der Waals surface area contributed by atoms with Crippen LogP contribution in [0.15, 0.2) is 54.6 Å². The molecule has 0 aliphatic carbocycles.